The standard InChI is InChI=1S/C32H34F6N4O3S2/c33-31(34,35)24-16-23(17-25(18-24)32(36,37)38)30(43)42-9-8-26(19-27(42)15-22-5-2-1-3-6-22)39-10-12-40(13-11-39)28-20-41(21-28)47(44,45)29-7-4-14-46-29/h1-7,14,16-18,26-28H,8-13,15,19-21H2/t26?,27-/m1/s1. The maximum Gasteiger partial charge on any atom is 0.416 e. The monoisotopic (exact) mass is 700 g/mol. The number of hydrogen-bond acceptors (Lipinski definition) is 6. The molecular weight excluding hydrogens is 666 g/mol. The summed E-state index contributed by atoms with van der Waals surface area (Å²) in [5.41, 5.74) is -2.75. The summed E-state index contributed by atoms with van der Waals surface area (Å²) in [5.74, 6) is -0.849. The summed E-state index contributed by atoms with van der Waals surface area (Å²) in [4.78, 5) is 19.8. The number of nitrogens with zero attached hydrogens (tertiary/aromatic N) is 4. The molecule has 3 aromatic rings. The van der Waals surface area contributed by atoms with Crippen LogP contribution in [-0.4, -0.2) is 97.3 Å². The van der Waals surface area contributed by atoms with Gasteiger partial charge in [-0.1, -0.05) is 36.4 Å². The molecule has 3 aliphatic rings. The van der Waals surface area contributed by atoms with Crippen molar-refractivity contribution in [1.29, 1.82) is 0 Å². The summed E-state index contributed by atoms with van der Waals surface area (Å²) >= 11 is 1.20. The van der Waals surface area contributed by atoms with E-state index < -0.39 is 51.0 Å². The lowest BCUT2D eigenvalue weighted by molar-refractivity contribution is -0.143. The van der Waals surface area contributed by atoms with Gasteiger partial charge in [-0.25, -0.2) is 8.42 Å². The Morgan fingerprint density at radius 1 is 0.787 bits per heavy atom. The number of carbonyl (C=O) groups is 1. The van der Waals surface area contributed by atoms with Gasteiger partial charge in [0.25, 0.3) is 15.9 Å². The second kappa shape index (κ2) is 13.1. The second-order valence-electron chi connectivity index (χ2n) is 12.3. The average molecular weight is 701 g/mol. The van der Waals surface area contributed by atoms with Crippen molar-refractivity contribution in [3.05, 3.63) is 88.3 Å². The molecule has 1 unspecified atom stereocenters. The fourth-order valence-electron chi connectivity index (χ4n) is 6.80. The molecule has 0 radical (unpaired) electrons. The SMILES string of the molecule is O=C(c1cc(C(F)(F)F)cc(C(F)(F)F)c1)N1CCC(N2CCN(C3CN(S(=O)(=O)c4cccs4)C3)CC2)C[C@H]1Cc1ccccc1. The average Bonchev–Trinajstić information content (AvgIpc) is 3.56. The largest absolute Gasteiger partial charge is 0.416 e. The van der Waals surface area contributed by atoms with E-state index in [0.29, 0.717) is 48.7 Å². The summed E-state index contributed by atoms with van der Waals surface area (Å²) in [6.07, 6.45) is -8.65. The third kappa shape index (κ3) is 7.38. The van der Waals surface area contributed by atoms with Crippen LogP contribution in [0.25, 0.3) is 0 Å². The Morgan fingerprint density at radius 3 is 1.94 bits per heavy atom. The molecule has 3 aliphatic heterocycles. The Labute approximate surface area is 273 Å². The number of likely N-dealkylation sites (tertiary alicyclic amines) is 1. The van der Waals surface area contributed by atoms with Gasteiger partial charge in [0.05, 0.1) is 11.1 Å². The van der Waals surface area contributed by atoms with Gasteiger partial charge in [0.15, 0.2) is 0 Å². The van der Waals surface area contributed by atoms with Crippen molar-refractivity contribution in [1.82, 2.24) is 19.0 Å². The van der Waals surface area contributed by atoms with Crippen LogP contribution in [0.2, 0.25) is 0 Å². The highest BCUT2D eigenvalue weighted by Crippen LogP contribution is 2.37. The molecule has 15 heteroatoms. The van der Waals surface area contributed by atoms with Crippen LogP contribution in [0.3, 0.4) is 0 Å². The fraction of sp³-hybridized carbons (Fsp3) is 0.469. The molecule has 0 bridgehead atoms. The molecule has 0 spiro atoms. The highest BCUT2D eigenvalue weighted by Gasteiger charge is 2.43. The van der Waals surface area contributed by atoms with Crippen LogP contribution in [0.4, 0.5) is 26.3 Å². The van der Waals surface area contributed by atoms with Gasteiger partial charge in [-0.15, -0.1) is 11.3 Å². The van der Waals surface area contributed by atoms with Crippen LogP contribution >= 0.6 is 11.3 Å². The topological polar surface area (TPSA) is 64.2 Å². The van der Waals surface area contributed by atoms with E-state index >= 15 is 0 Å². The molecule has 0 aliphatic carbocycles. The minimum Gasteiger partial charge on any atom is -0.335 e. The van der Waals surface area contributed by atoms with Crippen molar-refractivity contribution in [2.24, 2.45) is 0 Å². The van der Waals surface area contributed by atoms with Gasteiger partial charge in [0.2, 0.25) is 0 Å². The molecule has 2 aromatic carbocycles. The Kier molecular flexibility index (Phi) is 9.48. The minimum absolute atomic E-state index is 0.0356. The van der Waals surface area contributed by atoms with Gasteiger partial charge in [0, 0.05) is 69.5 Å². The summed E-state index contributed by atoms with van der Waals surface area (Å²) in [6.45, 7) is 4.00. The van der Waals surface area contributed by atoms with Crippen molar-refractivity contribution in [2.45, 2.75) is 53.9 Å². The number of rotatable bonds is 7. The summed E-state index contributed by atoms with van der Waals surface area (Å²) in [7, 11) is -3.47. The number of halogens is 6. The number of hydrogen-bond donors (Lipinski definition) is 0. The molecule has 7 nitrogen and oxygen atoms in total. The summed E-state index contributed by atoms with van der Waals surface area (Å²) in [5, 5.41) is 1.74. The lowest BCUT2D eigenvalue weighted by atomic mass is 9.90. The predicted molar refractivity (Wildman–Crippen MR) is 164 cm³/mol. The molecule has 4 heterocycles. The van der Waals surface area contributed by atoms with Crippen molar-refractivity contribution in [3.63, 3.8) is 0 Å². The van der Waals surface area contributed by atoms with Crippen LogP contribution in [0, 0.1) is 0 Å². The Balaban J connectivity index is 1.13. The first-order valence-electron chi connectivity index (χ1n) is 15.4. The lowest BCUT2D eigenvalue weighted by Gasteiger charge is -2.50. The number of benzene rings is 2. The normalized spacial score (nSPS) is 22.7. The Morgan fingerprint density at radius 2 is 1.38 bits per heavy atom. The third-order valence-electron chi connectivity index (χ3n) is 9.40. The zero-order valence-corrected chi connectivity index (χ0v) is 26.9. The second-order valence-corrected chi connectivity index (χ2v) is 15.4. The van der Waals surface area contributed by atoms with Crippen LogP contribution < -0.4 is 0 Å². The number of sulfonamides is 1. The highest BCUT2D eigenvalue weighted by atomic mass is 32.2. The number of thiophene rings is 1. The molecule has 3 saturated heterocycles. The number of amides is 1. The Hall–Kier alpha value is -2.98. The van der Waals surface area contributed by atoms with Crippen molar-refractivity contribution >= 4 is 27.3 Å². The zero-order chi connectivity index (χ0) is 33.6. The van der Waals surface area contributed by atoms with E-state index in [1.807, 2.05) is 30.3 Å². The van der Waals surface area contributed by atoms with Crippen molar-refractivity contribution in [3.8, 4) is 0 Å². The van der Waals surface area contributed by atoms with Crippen LogP contribution in [-0.2, 0) is 28.8 Å². The van der Waals surface area contributed by atoms with Gasteiger partial charge in [-0.05, 0) is 54.5 Å². The van der Waals surface area contributed by atoms with Gasteiger partial charge < -0.3 is 4.90 Å². The molecule has 6 rings (SSSR count). The van der Waals surface area contributed by atoms with Gasteiger partial charge >= 0.3 is 12.4 Å². The first-order chi connectivity index (χ1) is 22.2. The molecule has 0 saturated carbocycles. The molecular formula is C32H34F6N4O3S2. The van der Waals surface area contributed by atoms with Gasteiger partial charge in [-0.2, -0.15) is 30.6 Å². The Bertz CT molecular complexity index is 1620. The minimum atomic E-state index is -5.05. The van der Waals surface area contributed by atoms with Crippen molar-refractivity contribution < 1.29 is 39.6 Å². The van der Waals surface area contributed by atoms with Crippen molar-refractivity contribution in [2.75, 3.05) is 45.8 Å². The van der Waals surface area contributed by atoms with E-state index in [9.17, 15) is 39.6 Å². The van der Waals surface area contributed by atoms with Gasteiger partial charge in [0.1, 0.15) is 4.21 Å². The highest BCUT2D eigenvalue weighted by molar-refractivity contribution is 7.91. The number of piperidine rings is 1. The quantitative estimate of drug-likeness (QED) is 0.297. The van der Waals surface area contributed by atoms with E-state index in [1.165, 1.54) is 20.5 Å². The van der Waals surface area contributed by atoms with Crippen LogP contribution in [0.15, 0.2) is 70.3 Å². The number of piperazine rings is 1. The first kappa shape index (κ1) is 33.9. The lowest BCUT2D eigenvalue weighted by Crippen LogP contribution is -2.65. The van der Waals surface area contributed by atoms with E-state index in [2.05, 4.69) is 9.80 Å². The number of alkyl halides is 6. The molecule has 1 amide bonds. The molecule has 3 fully saturated rings. The first-order valence-corrected chi connectivity index (χ1v) is 17.7. The molecule has 2 atom stereocenters. The van der Waals surface area contributed by atoms with E-state index in [1.54, 1.807) is 17.5 Å². The van der Waals surface area contributed by atoms with Gasteiger partial charge in [-0.3, -0.25) is 14.6 Å². The molecule has 0 N–H and O–H groups in total. The van der Waals surface area contributed by atoms with E-state index in [0.717, 1.165) is 31.7 Å². The molecule has 1 aromatic heterocycles. The zero-order valence-electron chi connectivity index (χ0n) is 25.3. The van der Waals surface area contributed by atoms with E-state index in [4.69, 9.17) is 0 Å². The molecule has 254 valence electrons. The number of carbonyl (C=O) groups excluding carboxylic acids is 1. The third-order valence-corrected chi connectivity index (χ3v) is 12.6. The summed E-state index contributed by atoms with van der Waals surface area (Å²) < 4.78 is 109. The smallest absolute Gasteiger partial charge is 0.335 e. The molecule has 47 heavy (non-hydrogen) atoms. The maximum absolute atomic E-state index is 13.7. The van der Waals surface area contributed by atoms with E-state index in [-0.39, 0.29) is 24.7 Å². The van der Waals surface area contributed by atoms with Crippen LogP contribution in [0.1, 0.15) is 39.9 Å². The predicted octanol–water partition coefficient (Wildman–Crippen LogP) is 5.69. The summed E-state index contributed by atoms with van der Waals surface area (Å²) in [6, 6.07) is 13.4. The fourth-order valence-corrected chi connectivity index (χ4v) is 9.46. The maximum atomic E-state index is 13.7. The van der Waals surface area contributed by atoms with Crippen LogP contribution in [0.5, 0.6) is 0 Å².